The summed E-state index contributed by atoms with van der Waals surface area (Å²) in [5, 5.41) is 2.29. The van der Waals surface area contributed by atoms with Crippen LogP contribution in [0.4, 0.5) is 26.3 Å². The van der Waals surface area contributed by atoms with Gasteiger partial charge < -0.3 is 10.3 Å². The lowest BCUT2D eigenvalue weighted by atomic mass is 9.87. The number of aromatic nitrogens is 1. The Morgan fingerprint density at radius 2 is 1.63 bits per heavy atom. The number of carbonyl (C=O) groups excluding carboxylic acids is 1. The summed E-state index contributed by atoms with van der Waals surface area (Å²) in [6.45, 7) is 2.10. The molecule has 1 aliphatic carbocycles. The lowest BCUT2D eigenvalue weighted by Crippen LogP contribution is -2.37. The molecule has 1 aliphatic rings. The van der Waals surface area contributed by atoms with E-state index in [1.807, 2.05) is 0 Å². The van der Waals surface area contributed by atoms with Gasteiger partial charge >= 0.3 is 12.4 Å². The standard InChI is InChI=1S/C18H18F6N2O/c1-9-2-4-11(5-3-9)25-16(27)15-8-12-13(18(22,23)24)6-10(17(19,20)21)7-14(12)26-15/h6-9,11,26H,2-5H2,1H3,(H,25,27). The molecule has 1 aromatic heterocycles. The number of benzene rings is 1. The molecule has 1 fully saturated rings. The number of amides is 1. The zero-order valence-electron chi connectivity index (χ0n) is 14.4. The van der Waals surface area contributed by atoms with Gasteiger partial charge in [-0.1, -0.05) is 6.92 Å². The summed E-state index contributed by atoms with van der Waals surface area (Å²) in [5.41, 5.74) is -3.40. The molecule has 0 radical (unpaired) electrons. The zero-order valence-corrected chi connectivity index (χ0v) is 14.4. The predicted molar refractivity (Wildman–Crippen MR) is 87.2 cm³/mol. The van der Waals surface area contributed by atoms with Crippen LogP contribution < -0.4 is 5.32 Å². The first-order valence-corrected chi connectivity index (χ1v) is 8.57. The van der Waals surface area contributed by atoms with Crippen molar-refractivity contribution in [1.82, 2.24) is 10.3 Å². The van der Waals surface area contributed by atoms with Crippen molar-refractivity contribution in [3.8, 4) is 0 Å². The van der Waals surface area contributed by atoms with Crippen LogP contribution in [0.2, 0.25) is 0 Å². The summed E-state index contributed by atoms with van der Waals surface area (Å²) in [6.07, 6.45) is -6.51. The number of hydrogen-bond donors (Lipinski definition) is 2. The summed E-state index contributed by atoms with van der Waals surface area (Å²) >= 11 is 0. The van der Waals surface area contributed by atoms with E-state index in [-0.39, 0.29) is 23.3 Å². The highest BCUT2D eigenvalue weighted by Crippen LogP contribution is 2.40. The highest BCUT2D eigenvalue weighted by Gasteiger charge is 2.38. The molecule has 1 amide bonds. The van der Waals surface area contributed by atoms with Gasteiger partial charge in [0, 0.05) is 16.9 Å². The molecule has 0 bridgehead atoms. The van der Waals surface area contributed by atoms with Crippen LogP contribution in [0.25, 0.3) is 10.9 Å². The number of hydrogen-bond acceptors (Lipinski definition) is 1. The molecule has 3 rings (SSSR count). The summed E-state index contributed by atoms with van der Waals surface area (Å²) < 4.78 is 78.5. The van der Waals surface area contributed by atoms with Gasteiger partial charge in [0.25, 0.3) is 5.91 Å². The van der Waals surface area contributed by atoms with Crippen LogP contribution in [0, 0.1) is 5.92 Å². The van der Waals surface area contributed by atoms with Gasteiger partial charge in [-0.15, -0.1) is 0 Å². The molecular weight excluding hydrogens is 374 g/mol. The molecule has 0 aliphatic heterocycles. The lowest BCUT2D eigenvalue weighted by Gasteiger charge is -2.26. The van der Waals surface area contributed by atoms with Gasteiger partial charge in [-0.2, -0.15) is 26.3 Å². The fourth-order valence-electron chi connectivity index (χ4n) is 3.43. The van der Waals surface area contributed by atoms with E-state index in [1.54, 1.807) is 0 Å². The van der Waals surface area contributed by atoms with Gasteiger partial charge in [0.1, 0.15) is 5.69 Å². The molecule has 148 valence electrons. The van der Waals surface area contributed by atoms with Gasteiger partial charge in [-0.3, -0.25) is 4.79 Å². The largest absolute Gasteiger partial charge is 0.417 e. The molecule has 9 heteroatoms. The second kappa shape index (κ2) is 6.76. The molecular formula is C18H18F6N2O. The normalized spacial score (nSPS) is 21.4. The molecule has 0 atom stereocenters. The summed E-state index contributed by atoms with van der Waals surface area (Å²) in [4.78, 5) is 14.8. The van der Waals surface area contributed by atoms with Gasteiger partial charge in [-0.25, -0.2) is 0 Å². The minimum Gasteiger partial charge on any atom is -0.351 e. The molecule has 27 heavy (non-hydrogen) atoms. The third-order valence-corrected chi connectivity index (χ3v) is 4.97. The van der Waals surface area contributed by atoms with E-state index in [4.69, 9.17) is 0 Å². The first-order valence-electron chi connectivity index (χ1n) is 8.57. The lowest BCUT2D eigenvalue weighted by molar-refractivity contribution is -0.142. The molecule has 0 spiro atoms. The van der Waals surface area contributed by atoms with Crippen LogP contribution in [0.1, 0.15) is 54.2 Å². The molecule has 1 aromatic carbocycles. The highest BCUT2D eigenvalue weighted by atomic mass is 19.4. The van der Waals surface area contributed by atoms with Crippen molar-refractivity contribution >= 4 is 16.8 Å². The quantitative estimate of drug-likeness (QED) is 0.650. The van der Waals surface area contributed by atoms with E-state index in [9.17, 15) is 31.1 Å². The van der Waals surface area contributed by atoms with E-state index < -0.39 is 34.8 Å². The minimum absolute atomic E-state index is 0.0698. The highest BCUT2D eigenvalue weighted by molar-refractivity contribution is 5.99. The third-order valence-electron chi connectivity index (χ3n) is 4.97. The summed E-state index contributed by atoms with van der Waals surface area (Å²) in [7, 11) is 0. The SMILES string of the molecule is CC1CCC(NC(=O)c2cc3c(C(F)(F)F)cc(C(F)(F)F)cc3[nH]2)CC1. The number of alkyl halides is 6. The Balaban J connectivity index is 1.95. The van der Waals surface area contributed by atoms with Crippen molar-refractivity contribution < 1.29 is 31.1 Å². The predicted octanol–water partition coefficient (Wildman–Crippen LogP) is 5.51. The number of halogens is 6. The van der Waals surface area contributed by atoms with Crippen molar-refractivity contribution in [1.29, 1.82) is 0 Å². The van der Waals surface area contributed by atoms with E-state index in [1.165, 1.54) is 0 Å². The number of fused-ring (bicyclic) bond motifs is 1. The van der Waals surface area contributed by atoms with E-state index in [0.29, 0.717) is 12.0 Å². The molecule has 3 nitrogen and oxygen atoms in total. The first-order chi connectivity index (χ1) is 12.4. The third kappa shape index (κ3) is 4.22. The minimum atomic E-state index is -4.98. The van der Waals surface area contributed by atoms with E-state index in [0.717, 1.165) is 31.7 Å². The summed E-state index contributed by atoms with van der Waals surface area (Å²) in [6, 6.07) is 1.52. The smallest absolute Gasteiger partial charge is 0.351 e. The van der Waals surface area contributed by atoms with E-state index >= 15 is 0 Å². The average molecular weight is 392 g/mol. The van der Waals surface area contributed by atoms with Crippen molar-refractivity contribution in [2.45, 2.75) is 51.0 Å². The van der Waals surface area contributed by atoms with Crippen molar-refractivity contribution in [3.05, 3.63) is 35.0 Å². The number of nitrogens with one attached hydrogen (secondary N) is 2. The van der Waals surface area contributed by atoms with Crippen molar-refractivity contribution in [2.24, 2.45) is 5.92 Å². The fraction of sp³-hybridized carbons (Fsp3) is 0.500. The molecule has 0 unspecified atom stereocenters. The van der Waals surface area contributed by atoms with Crippen LogP contribution in [0.5, 0.6) is 0 Å². The van der Waals surface area contributed by atoms with Crippen LogP contribution in [0.3, 0.4) is 0 Å². The van der Waals surface area contributed by atoms with Crippen LogP contribution in [-0.4, -0.2) is 16.9 Å². The number of rotatable bonds is 2. The molecule has 1 saturated carbocycles. The Hall–Kier alpha value is -2.19. The number of carbonyl (C=O) groups is 1. The topological polar surface area (TPSA) is 44.9 Å². The Bertz CT molecular complexity index is 844. The van der Waals surface area contributed by atoms with Gasteiger partial charge in [-0.05, 0) is 49.8 Å². The number of aromatic amines is 1. The van der Waals surface area contributed by atoms with Gasteiger partial charge in [0.05, 0.1) is 11.1 Å². The zero-order chi connectivity index (χ0) is 20.0. The van der Waals surface area contributed by atoms with Crippen LogP contribution in [0.15, 0.2) is 18.2 Å². The maximum atomic E-state index is 13.2. The maximum absolute atomic E-state index is 13.2. The second-order valence-corrected chi connectivity index (χ2v) is 7.09. The second-order valence-electron chi connectivity index (χ2n) is 7.09. The van der Waals surface area contributed by atoms with Gasteiger partial charge in [0.2, 0.25) is 0 Å². The molecule has 0 saturated heterocycles. The summed E-state index contributed by atoms with van der Waals surface area (Å²) in [5.74, 6) is -0.0613. The first kappa shape index (κ1) is 19.6. The Morgan fingerprint density at radius 3 is 2.19 bits per heavy atom. The van der Waals surface area contributed by atoms with Crippen LogP contribution >= 0.6 is 0 Å². The van der Waals surface area contributed by atoms with Crippen molar-refractivity contribution in [3.63, 3.8) is 0 Å². The molecule has 2 aromatic rings. The Labute approximate surface area is 151 Å². The Morgan fingerprint density at radius 1 is 1.00 bits per heavy atom. The molecule has 1 heterocycles. The Kier molecular flexibility index (Phi) is 4.90. The van der Waals surface area contributed by atoms with Crippen molar-refractivity contribution in [2.75, 3.05) is 0 Å². The van der Waals surface area contributed by atoms with Gasteiger partial charge in [0.15, 0.2) is 0 Å². The van der Waals surface area contributed by atoms with E-state index in [2.05, 4.69) is 17.2 Å². The molecule has 2 N–H and O–H groups in total. The van der Waals surface area contributed by atoms with Crippen LogP contribution in [-0.2, 0) is 12.4 Å². The maximum Gasteiger partial charge on any atom is 0.417 e. The number of H-pyrrole nitrogens is 1. The fourth-order valence-corrected chi connectivity index (χ4v) is 3.43. The monoisotopic (exact) mass is 392 g/mol. The average Bonchev–Trinajstić information content (AvgIpc) is 2.98.